The van der Waals surface area contributed by atoms with Crippen LogP contribution in [-0.4, -0.2) is 12.5 Å². The second-order valence-corrected chi connectivity index (χ2v) is 11.0. The van der Waals surface area contributed by atoms with Crippen LogP contribution in [0.4, 0.5) is 0 Å². The van der Waals surface area contributed by atoms with Gasteiger partial charge in [0.1, 0.15) is 5.41 Å². The maximum absolute atomic E-state index is 14.1. The van der Waals surface area contributed by atoms with Gasteiger partial charge in [-0.15, -0.1) is 0 Å². The average Bonchev–Trinajstić information content (AvgIpc) is 3.05. The predicted octanol–water partition coefficient (Wildman–Crippen LogP) is 6.33. The number of nitrogens with one attached hydrogen (secondary N) is 1. The van der Waals surface area contributed by atoms with Gasteiger partial charge in [-0.05, 0) is 89.9 Å². The summed E-state index contributed by atoms with van der Waals surface area (Å²) in [7, 11) is 0. The van der Waals surface area contributed by atoms with Crippen LogP contribution in [0.3, 0.4) is 0 Å². The monoisotopic (exact) mass is 413 g/mol. The summed E-state index contributed by atoms with van der Waals surface area (Å²) in [6.45, 7) is 5.41. The lowest BCUT2D eigenvalue weighted by Crippen LogP contribution is -2.60. The molecule has 1 amide bonds. The largest absolute Gasteiger partial charge is 0.354 e. The van der Waals surface area contributed by atoms with E-state index in [4.69, 9.17) is 0 Å². The van der Waals surface area contributed by atoms with Crippen LogP contribution in [0, 0.1) is 29.1 Å². The zero-order valence-corrected chi connectivity index (χ0v) is 19.0. The fourth-order valence-electron chi connectivity index (χ4n) is 8.20. The van der Waals surface area contributed by atoms with E-state index < -0.39 is 5.41 Å². The molecule has 0 saturated heterocycles. The Kier molecular flexibility index (Phi) is 4.39. The quantitative estimate of drug-likeness (QED) is 0.589. The third kappa shape index (κ3) is 2.60. The first-order valence-electron chi connectivity index (χ1n) is 12.6. The minimum Gasteiger partial charge on any atom is -0.354 e. The van der Waals surface area contributed by atoms with Gasteiger partial charge in [-0.2, -0.15) is 0 Å². The van der Waals surface area contributed by atoms with Gasteiger partial charge in [0.15, 0.2) is 0 Å². The minimum atomic E-state index is -0.549. The highest BCUT2D eigenvalue weighted by Crippen LogP contribution is 2.67. The van der Waals surface area contributed by atoms with Crippen molar-refractivity contribution in [3.05, 3.63) is 59.7 Å². The van der Waals surface area contributed by atoms with E-state index in [1.165, 1.54) is 54.4 Å². The molecule has 2 nitrogen and oxygen atoms in total. The highest BCUT2D eigenvalue weighted by Gasteiger charge is 2.60. The van der Waals surface area contributed by atoms with Crippen LogP contribution in [-0.2, 0) is 10.2 Å². The molecule has 4 aliphatic carbocycles. The van der Waals surface area contributed by atoms with Crippen molar-refractivity contribution >= 4 is 5.91 Å². The fraction of sp³-hybridized carbons (Fsp3) is 0.552. The highest BCUT2D eigenvalue weighted by molar-refractivity contribution is 6.00. The van der Waals surface area contributed by atoms with Crippen molar-refractivity contribution in [2.24, 2.45) is 29.1 Å². The first-order chi connectivity index (χ1) is 15.1. The van der Waals surface area contributed by atoms with Crippen LogP contribution in [0.15, 0.2) is 48.5 Å². The van der Waals surface area contributed by atoms with Gasteiger partial charge in [-0.3, -0.25) is 4.79 Å². The van der Waals surface area contributed by atoms with Crippen molar-refractivity contribution in [1.82, 2.24) is 5.32 Å². The minimum absolute atomic E-state index is 0.224. The van der Waals surface area contributed by atoms with E-state index in [1.807, 2.05) is 0 Å². The topological polar surface area (TPSA) is 29.1 Å². The number of fused-ring (bicyclic) bond motifs is 3. The maximum atomic E-state index is 14.1. The third-order valence-electron chi connectivity index (χ3n) is 9.68. The van der Waals surface area contributed by atoms with Crippen molar-refractivity contribution in [2.75, 3.05) is 6.54 Å². The molecule has 162 valence electrons. The maximum Gasteiger partial charge on any atom is 0.235 e. The Balaban J connectivity index is 1.32. The zero-order chi connectivity index (χ0) is 21.2. The number of carbonyl (C=O) groups is 1. The van der Waals surface area contributed by atoms with Crippen molar-refractivity contribution < 1.29 is 4.79 Å². The summed E-state index contributed by atoms with van der Waals surface area (Å²) in [5.74, 6) is 4.19. The predicted molar refractivity (Wildman–Crippen MR) is 126 cm³/mol. The summed E-state index contributed by atoms with van der Waals surface area (Å²) in [4.78, 5) is 14.1. The molecule has 0 heterocycles. The summed E-state index contributed by atoms with van der Waals surface area (Å²) < 4.78 is 0. The summed E-state index contributed by atoms with van der Waals surface area (Å²) in [5.41, 5.74) is 4.63. The summed E-state index contributed by atoms with van der Waals surface area (Å²) in [6, 6.07) is 17.2. The number of carbonyl (C=O) groups excluding carboxylic acids is 1. The molecule has 2 heteroatoms. The fourth-order valence-corrected chi connectivity index (χ4v) is 8.20. The Morgan fingerprint density at radius 2 is 1.48 bits per heavy atom. The first kappa shape index (κ1) is 19.6. The molecule has 0 aromatic heterocycles. The molecule has 3 saturated carbocycles. The van der Waals surface area contributed by atoms with Crippen LogP contribution in [0.1, 0.15) is 69.9 Å². The molecule has 4 aliphatic rings. The van der Waals surface area contributed by atoms with Gasteiger partial charge >= 0.3 is 0 Å². The van der Waals surface area contributed by atoms with Crippen LogP contribution >= 0.6 is 0 Å². The molecule has 2 aromatic carbocycles. The van der Waals surface area contributed by atoms with Crippen molar-refractivity contribution in [3.63, 3.8) is 0 Å². The highest BCUT2D eigenvalue weighted by atomic mass is 16.2. The standard InChI is InChI=1S/C29H35NO/c1-3-13-29(24-11-7-5-9-22(24)23-10-6-8-12-25(23)29)27(31)30-18-28(4-2)16-20-14-19-15-21(17-28)26(19)20/h5-12,19-21,26H,3-4,13-18H2,1-2H3,(H,30,31). The molecular formula is C29H35NO. The van der Waals surface area contributed by atoms with Gasteiger partial charge < -0.3 is 5.32 Å². The smallest absolute Gasteiger partial charge is 0.235 e. The van der Waals surface area contributed by atoms with E-state index in [0.717, 1.165) is 43.1 Å². The van der Waals surface area contributed by atoms with Gasteiger partial charge in [0.2, 0.25) is 5.91 Å². The van der Waals surface area contributed by atoms with Crippen LogP contribution in [0.25, 0.3) is 11.1 Å². The lowest BCUT2D eigenvalue weighted by atomic mass is 9.39. The van der Waals surface area contributed by atoms with E-state index in [9.17, 15) is 4.79 Å². The molecular weight excluding hydrogens is 378 g/mol. The van der Waals surface area contributed by atoms with Crippen LogP contribution < -0.4 is 5.32 Å². The van der Waals surface area contributed by atoms with E-state index in [1.54, 1.807) is 0 Å². The number of amides is 1. The van der Waals surface area contributed by atoms with Crippen molar-refractivity contribution in [1.29, 1.82) is 0 Å². The number of benzene rings is 2. The molecule has 6 rings (SSSR count). The lowest BCUT2D eigenvalue weighted by molar-refractivity contribution is -0.162. The Bertz CT molecular complexity index is 961. The molecule has 0 radical (unpaired) electrons. The third-order valence-corrected chi connectivity index (χ3v) is 9.68. The molecule has 1 N–H and O–H groups in total. The summed E-state index contributed by atoms with van der Waals surface area (Å²) in [5, 5.41) is 3.55. The van der Waals surface area contributed by atoms with Crippen LogP contribution in [0.2, 0.25) is 0 Å². The molecule has 31 heavy (non-hydrogen) atoms. The molecule has 2 aromatic rings. The zero-order valence-electron chi connectivity index (χ0n) is 19.0. The number of hydrogen-bond acceptors (Lipinski definition) is 1. The van der Waals surface area contributed by atoms with E-state index in [-0.39, 0.29) is 5.91 Å². The Morgan fingerprint density at radius 3 is 2.00 bits per heavy atom. The molecule has 0 spiro atoms. The van der Waals surface area contributed by atoms with Crippen LogP contribution in [0.5, 0.6) is 0 Å². The van der Waals surface area contributed by atoms with E-state index in [2.05, 4.69) is 67.7 Å². The molecule has 0 aliphatic heterocycles. The number of hydrogen-bond donors (Lipinski definition) is 1. The summed E-state index contributed by atoms with van der Waals surface area (Å²) in [6.07, 6.45) is 8.61. The van der Waals surface area contributed by atoms with Gasteiger partial charge in [0.25, 0.3) is 0 Å². The molecule has 0 bridgehead atoms. The Hall–Kier alpha value is -2.09. The van der Waals surface area contributed by atoms with E-state index in [0.29, 0.717) is 5.41 Å². The first-order valence-corrected chi connectivity index (χ1v) is 12.6. The van der Waals surface area contributed by atoms with Gasteiger partial charge in [0, 0.05) is 6.54 Å². The Labute approximate surface area is 186 Å². The molecule has 3 fully saturated rings. The van der Waals surface area contributed by atoms with E-state index >= 15 is 0 Å². The van der Waals surface area contributed by atoms with Gasteiger partial charge in [-0.25, -0.2) is 0 Å². The second kappa shape index (κ2) is 6.95. The normalized spacial score (nSPS) is 33.4. The lowest BCUT2D eigenvalue weighted by Gasteiger charge is -2.66. The SMILES string of the molecule is CCCC1(C(=O)NCC2(CC)CC3CC4CC(C2)C43)c2ccccc2-c2ccccc21. The Morgan fingerprint density at radius 1 is 0.903 bits per heavy atom. The molecule has 2 unspecified atom stereocenters. The molecule has 2 atom stereocenters. The average molecular weight is 414 g/mol. The summed E-state index contributed by atoms with van der Waals surface area (Å²) >= 11 is 0. The van der Waals surface area contributed by atoms with Gasteiger partial charge in [-0.1, -0.05) is 68.8 Å². The van der Waals surface area contributed by atoms with Crippen molar-refractivity contribution in [3.8, 4) is 11.1 Å². The van der Waals surface area contributed by atoms with Gasteiger partial charge in [0.05, 0.1) is 0 Å². The second-order valence-electron chi connectivity index (χ2n) is 11.0. The van der Waals surface area contributed by atoms with Crippen molar-refractivity contribution in [2.45, 2.75) is 64.2 Å². The number of rotatable bonds is 6.